The third-order valence-corrected chi connectivity index (χ3v) is 7.07. The van der Waals surface area contributed by atoms with Gasteiger partial charge in [-0.3, -0.25) is 14.1 Å². The van der Waals surface area contributed by atoms with Crippen molar-refractivity contribution in [3.8, 4) is 11.3 Å². The Bertz CT molecular complexity index is 1260. The zero-order valence-electron chi connectivity index (χ0n) is 17.6. The summed E-state index contributed by atoms with van der Waals surface area (Å²) in [5.41, 5.74) is 4.70. The van der Waals surface area contributed by atoms with E-state index in [1.807, 2.05) is 4.90 Å². The quantitative estimate of drug-likeness (QED) is 0.417. The smallest absolute Gasteiger partial charge is 0.253 e. The molecule has 2 aromatic carbocycles. The Hall–Kier alpha value is -2.74. The molecule has 164 valence electrons. The van der Waals surface area contributed by atoms with Crippen LogP contribution in [0.5, 0.6) is 0 Å². The topological polar surface area (TPSA) is 40.9 Å². The Kier molecular flexibility index (Phi) is 5.71. The number of halogens is 2. The van der Waals surface area contributed by atoms with Crippen molar-refractivity contribution in [1.82, 2.24) is 19.2 Å². The molecule has 32 heavy (non-hydrogen) atoms. The number of hydrogen-bond donors (Lipinski definition) is 0. The van der Waals surface area contributed by atoms with Crippen LogP contribution < -0.4 is 0 Å². The second-order valence-corrected chi connectivity index (χ2v) is 9.26. The van der Waals surface area contributed by atoms with E-state index in [4.69, 9.17) is 16.6 Å². The zero-order valence-corrected chi connectivity index (χ0v) is 19.2. The van der Waals surface area contributed by atoms with Gasteiger partial charge in [-0.2, -0.15) is 0 Å². The average molecular weight is 469 g/mol. The minimum absolute atomic E-state index is 0.0359. The van der Waals surface area contributed by atoms with Crippen LogP contribution in [0.25, 0.3) is 16.2 Å². The maximum Gasteiger partial charge on any atom is 0.253 e. The third-order valence-electron chi connectivity index (χ3n) is 5.87. The highest BCUT2D eigenvalue weighted by atomic mass is 35.5. The normalized spacial score (nSPS) is 14.9. The van der Waals surface area contributed by atoms with Crippen molar-refractivity contribution in [1.29, 1.82) is 0 Å². The van der Waals surface area contributed by atoms with Gasteiger partial charge in [0, 0.05) is 59.9 Å². The molecule has 0 radical (unpaired) electrons. The molecule has 1 fully saturated rings. The summed E-state index contributed by atoms with van der Waals surface area (Å²) >= 11 is 7.55. The van der Waals surface area contributed by atoms with Crippen LogP contribution >= 0.6 is 22.9 Å². The van der Waals surface area contributed by atoms with Gasteiger partial charge in [-0.25, -0.2) is 9.37 Å². The van der Waals surface area contributed by atoms with Crippen LogP contribution in [0, 0.1) is 12.7 Å². The van der Waals surface area contributed by atoms with Gasteiger partial charge in [-0.1, -0.05) is 11.6 Å². The van der Waals surface area contributed by atoms with Crippen LogP contribution in [-0.4, -0.2) is 51.3 Å². The maximum atomic E-state index is 13.5. The van der Waals surface area contributed by atoms with E-state index in [-0.39, 0.29) is 11.7 Å². The van der Waals surface area contributed by atoms with Gasteiger partial charge >= 0.3 is 0 Å². The van der Waals surface area contributed by atoms with E-state index in [0.717, 1.165) is 40.7 Å². The van der Waals surface area contributed by atoms with Crippen molar-refractivity contribution in [3.05, 3.63) is 81.7 Å². The minimum Gasteiger partial charge on any atom is -0.336 e. The zero-order chi connectivity index (χ0) is 22.2. The first-order chi connectivity index (χ1) is 15.5. The van der Waals surface area contributed by atoms with Gasteiger partial charge in [0.1, 0.15) is 5.82 Å². The molecule has 5 rings (SSSR count). The molecule has 0 atom stereocenters. The number of amides is 1. The molecule has 4 aromatic rings. The number of hydrogen-bond acceptors (Lipinski definition) is 4. The first kappa shape index (κ1) is 21.1. The Morgan fingerprint density at radius 1 is 1.06 bits per heavy atom. The first-order valence-electron chi connectivity index (χ1n) is 10.5. The van der Waals surface area contributed by atoms with Gasteiger partial charge in [-0.05, 0) is 55.5 Å². The van der Waals surface area contributed by atoms with E-state index >= 15 is 0 Å². The molecule has 0 bridgehead atoms. The lowest BCUT2D eigenvalue weighted by atomic mass is 10.1. The third kappa shape index (κ3) is 4.03. The van der Waals surface area contributed by atoms with E-state index in [2.05, 4.69) is 21.6 Å². The van der Waals surface area contributed by atoms with Gasteiger partial charge in [-0.15, -0.1) is 11.3 Å². The monoisotopic (exact) mass is 468 g/mol. The lowest BCUT2D eigenvalue weighted by Gasteiger charge is -2.34. The van der Waals surface area contributed by atoms with E-state index in [1.165, 1.54) is 12.1 Å². The fraction of sp³-hybridized carbons (Fsp3) is 0.250. The fourth-order valence-corrected chi connectivity index (χ4v) is 5.16. The lowest BCUT2D eigenvalue weighted by molar-refractivity contribution is 0.0627. The van der Waals surface area contributed by atoms with Crippen molar-refractivity contribution in [2.24, 2.45) is 0 Å². The van der Waals surface area contributed by atoms with Crippen molar-refractivity contribution in [2.45, 2.75) is 13.5 Å². The van der Waals surface area contributed by atoms with Gasteiger partial charge < -0.3 is 4.90 Å². The first-order valence-corrected chi connectivity index (χ1v) is 11.7. The number of imidazole rings is 1. The van der Waals surface area contributed by atoms with Gasteiger partial charge in [0.15, 0.2) is 4.96 Å². The molecule has 0 aliphatic carbocycles. The number of nitrogens with zero attached hydrogens (tertiary/aromatic N) is 4. The number of fused-ring (bicyclic) bond motifs is 1. The molecule has 0 N–H and O–H groups in total. The standard InChI is InChI=1S/C24H22ClFN4OS/c1-16-15-32-24-27-22(17-4-8-20(26)9-5-17)21(30(16)24)14-28-10-12-29(13-11-28)23(31)18-2-6-19(25)7-3-18/h2-9,15H,10-14H2,1H3. The predicted molar refractivity (Wildman–Crippen MR) is 126 cm³/mol. The van der Waals surface area contributed by atoms with Crippen LogP contribution in [0.15, 0.2) is 53.9 Å². The molecule has 2 aromatic heterocycles. The van der Waals surface area contributed by atoms with Crippen LogP contribution in [0.4, 0.5) is 4.39 Å². The molecule has 0 spiro atoms. The van der Waals surface area contributed by atoms with Crippen molar-refractivity contribution in [3.63, 3.8) is 0 Å². The van der Waals surface area contributed by atoms with Crippen molar-refractivity contribution in [2.75, 3.05) is 26.2 Å². The highest BCUT2D eigenvalue weighted by Gasteiger charge is 2.25. The highest BCUT2D eigenvalue weighted by molar-refractivity contribution is 7.15. The van der Waals surface area contributed by atoms with E-state index in [0.29, 0.717) is 30.2 Å². The van der Waals surface area contributed by atoms with Gasteiger partial charge in [0.2, 0.25) is 0 Å². The summed E-state index contributed by atoms with van der Waals surface area (Å²) in [7, 11) is 0. The number of aryl methyl sites for hydroxylation is 1. The molecule has 1 aliphatic heterocycles. The summed E-state index contributed by atoms with van der Waals surface area (Å²) in [4.78, 5) is 22.8. The number of carbonyl (C=O) groups is 1. The molecule has 0 saturated carbocycles. The summed E-state index contributed by atoms with van der Waals surface area (Å²) < 4.78 is 15.6. The van der Waals surface area contributed by atoms with E-state index < -0.39 is 0 Å². The number of rotatable bonds is 4. The van der Waals surface area contributed by atoms with Crippen LogP contribution in [0.3, 0.4) is 0 Å². The summed E-state index contributed by atoms with van der Waals surface area (Å²) in [6.07, 6.45) is 0. The fourth-order valence-electron chi connectivity index (χ4n) is 4.15. The highest BCUT2D eigenvalue weighted by Crippen LogP contribution is 2.30. The number of aromatic nitrogens is 2. The molecule has 0 unspecified atom stereocenters. The molecular formula is C24H22ClFN4OS. The van der Waals surface area contributed by atoms with Crippen LogP contribution in [0.2, 0.25) is 5.02 Å². The summed E-state index contributed by atoms with van der Waals surface area (Å²) in [6.45, 7) is 5.67. The summed E-state index contributed by atoms with van der Waals surface area (Å²) in [6, 6.07) is 13.5. The molecule has 1 amide bonds. The lowest BCUT2D eigenvalue weighted by Crippen LogP contribution is -2.48. The predicted octanol–water partition coefficient (Wildman–Crippen LogP) is 5.12. The number of benzene rings is 2. The van der Waals surface area contributed by atoms with Crippen molar-refractivity contribution >= 4 is 33.8 Å². The molecule has 1 aliphatic rings. The van der Waals surface area contributed by atoms with Crippen LogP contribution in [-0.2, 0) is 6.54 Å². The molecular weight excluding hydrogens is 447 g/mol. The Labute approximate surface area is 194 Å². The Morgan fingerprint density at radius 3 is 2.44 bits per heavy atom. The Morgan fingerprint density at radius 2 is 1.75 bits per heavy atom. The van der Waals surface area contributed by atoms with Crippen LogP contribution in [0.1, 0.15) is 21.7 Å². The largest absolute Gasteiger partial charge is 0.336 e. The number of piperazine rings is 1. The maximum absolute atomic E-state index is 13.5. The van der Waals surface area contributed by atoms with Gasteiger partial charge in [0.25, 0.3) is 5.91 Å². The molecule has 3 heterocycles. The summed E-state index contributed by atoms with van der Waals surface area (Å²) in [5.74, 6) is -0.220. The Balaban J connectivity index is 1.35. The van der Waals surface area contributed by atoms with E-state index in [1.54, 1.807) is 47.7 Å². The van der Waals surface area contributed by atoms with Gasteiger partial charge in [0.05, 0.1) is 11.4 Å². The number of carbonyl (C=O) groups excluding carboxylic acids is 1. The SMILES string of the molecule is Cc1csc2nc(-c3ccc(F)cc3)c(CN3CCN(C(=O)c4ccc(Cl)cc4)CC3)n12. The van der Waals surface area contributed by atoms with E-state index in [9.17, 15) is 9.18 Å². The van der Waals surface area contributed by atoms with Crippen molar-refractivity contribution < 1.29 is 9.18 Å². The molecule has 1 saturated heterocycles. The summed E-state index contributed by atoms with van der Waals surface area (Å²) in [5, 5.41) is 2.72. The molecule has 5 nitrogen and oxygen atoms in total. The minimum atomic E-state index is -0.256. The second-order valence-electron chi connectivity index (χ2n) is 7.98. The second kappa shape index (κ2) is 8.65. The molecule has 8 heteroatoms. The number of thiazole rings is 1. The average Bonchev–Trinajstić information content (AvgIpc) is 3.35.